The molecule has 7 nitrogen and oxygen atoms in total. The Morgan fingerprint density at radius 2 is 1.93 bits per heavy atom. The van der Waals surface area contributed by atoms with Crippen LogP contribution in [0.5, 0.6) is 0 Å². The van der Waals surface area contributed by atoms with Crippen molar-refractivity contribution in [1.29, 1.82) is 0 Å². The van der Waals surface area contributed by atoms with Crippen molar-refractivity contribution in [2.45, 2.75) is 31.8 Å². The van der Waals surface area contributed by atoms with Crippen LogP contribution in [0.2, 0.25) is 0 Å². The van der Waals surface area contributed by atoms with Crippen LogP contribution in [-0.2, 0) is 4.74 Å². The maximum atomic E-state index is 12.8. The summed E-state index contributed by atoms with van der Waals surface area (Å²) in [5, 5.41) is 4.01. The quantitative estimate of drug-likeness (QED) is 0.894. The summed E-state index contributed by atoms with van der Waals surface area (Å²) in [6, 6.07) is 9.73. The number of nitrogens with two attached hydrogens (primary N) is 1. The number of carbonyl (C=O) groups excluding carboxylic acids is 1. The molecule has 2 aromatic rings. The summed E-state index contributed by atoms with van der Waals surface area (Å²) < 4.78 is 10.6. The molecular formula is C20H26N4O3. The van der Waals surface area contributed by atoms with Gasteiger partial charge in [0.2, 0.25) is 5.88 Å². The number of amides is 1. The monoisotopic (exact) mass is 370 g/mol. The molecule has 0 spiro atoms. The number of ether oxygens (including phenoxy) is 1. The number of aromatic nitrogens is 1. The molecule has 144 valence electrons. The summed E-state index contributed by atoms with van der Waals surface area (Å²) in [6.07, 6.45) is 1.99. The zero-order chi connectivity index (χ0) is 18.8. The van der Waals surface area contributed by atoms with E-state index in [0.717, 1.165) is 62.6 Å². The van der Waals surface area contributed by atoms with E-state index in [4.69, 9.17) is 15.0 Å². The maximum absolute atomic E-state index is 12.8. The first-order valence-corrected chi connectivity index (χ1v) is 9.58. The van der Waals surface area contributed by atoms with Crippen LogP contribution in [-0.4, -0.2) is 54.9 Å². The molecule has 1 aromatic carbocycles. The molecule has 2 aliphatic rings. The van der Waals surface area contributed by atoms with Gasteiger partial charge in [-0.2, -0.15) is 0 Å². The standard InChI is InChI=1S/C20H26N4O3/c1-14-13-24(10-11-26-14)17-4-2-16(3-5-17)20(25)23-8-6-15(7-9-23)18-12-19(21)27-22-18/h2-5,12,14-15H,6-11,13,21H2,1H3. The highest BCUT2D eigenvalue weighted by Gasteiger charge is 2.26. The van der Waals surface area contributed by atoms with E-state index in [9.17, 15) is 4.79 Å². The number of nitrogen functional groups attached to an aromatic ring is 1. The summed E-state index contributed by atoms with van der Waals surface area (Å²) in [5.41, 5.74) is 8.38. The molecular weight excluding hydrogens is 344 g/mol. The fourth-order valence-electron chi connectivity index (χ4n) is 3.92. The van der Waals surface area contributed by atoms with E-state index in [0.29, 0.717) is 11.8 Å². The van der Waals surface area contributed by atoms with Gasteiger partial charge in [0.25, 0.3) is 5.91 Å². The fourth-order valence-corrected chi connectivity index (χ4v) is 3.92. The zero-order valence-corrected chi connectivity index (χ0v) is 15.6. The van der Waals surface area contributed by atoms with Gasteiger partial charge in [-0.3, -0.25) is 4.79 Å². The van der Waals surface area contributed by atoms with Crippen LogP contribution in [0.4, 0.5) is 11.6 Å². The number of hydrogen-bond acceptors (Lipinski definition) is 6. The van der Waals surface area contributed by atoms with E-state index in [2.05, 4.69) is 17.0 Å². The molecule has 1 unspecified atom stereocenters. The maximum Gasteiger partial charge on any atom is 0.253 e. The van der Waals surface area contributed by atoms with E-state index in [1.165, 1.54) is 0 Å². The lowest BCUT2D eigenvalue weighted by Gasteiger charge is -2.33. The van der Waals surface area contributed by atoms with E-state index < -0.39 is 0 Å². The van der Waals surface area contributed by atoms with Crippen molar-refractivity contribution in [3.63, 3.8) is 0 Å². The van der Waals surface area contributed by atoms with Crippen molar-refractivity contribution >= 4 is 17.5 Å². The SMILES string of the molecule is CC1CN(c2ccc(C(=O)N3CCC(c4cc(N)on4)CC3)cc2)CCO1. The number of likely N-dealkylation sites (tertiary alicyclic amines) is 1. The van der Waals surface area contributed by atoms with Crippen molar-refractivity contribution in [2.24, 2.45) is 0 Å². The average Bonchev–Trinajstić information content (AvgIpc) is 3.14. The van der Waals surface area contributed by atoms with Crippen LogP contribution in [0.1, 0.15) is 41.7 Å². The summed E-state index contributed by atoms with van der Waals surface area (Å²) in [7, 11) is 0. The number of benzene rings is 1. The lowest BCUT2D eigenvalue weighted by atomic mass is 9.93. The second-order valence-corrected chi connectivity index (χ2v) is 7.39. The topological polar surface area (TPSA) is 84.8 Å². The smallest absolute Gasteiger partial charge is 0.253 e. The molecule has 2 aliphatic heterocycles. The molecule has 2 N–H and O–H groups in total. The molecule has 0 radical (unpaired) electrons. The van der Waals surface area contributed by atoms with Gasteiger partial charge in [-0.1, -0.05) is 5.16 Å². The van der Waals surface area contributed by atoms with Gasteiger partial charge in [0, 0.05) is 49.4 Å². The van der Waals surface area contributed by atoms with Crippen molar-refractivity contribution in [3.05, 3.63) is 41.6 Å². The minimum absolute atomic E-state index is 0.0926. The number of nitrogens with zero attached hydrogens (tertiary/aromatic N) is 3. The van der Waals surface area contributed by atoms with Gasteiger partial charge in [-0.05, 0) is 44.0 Å². The van der Waals surface area contributed by atoms with Crippen LogP contribution in [0.25, 0.3) is 0 Å². The Balaban J connectivity index is 1.36. The van der Waals surface area contributed by atoms with Crippen LogP contribution in [0, 0.1) is 0 Å². The second kappa shape index (κ2) is 7.60. The van der Waals surface area contributed by atoms with Gasteiger partial charge in [0.15, 0.2) is 0 Å². The summed E-state index contributed by atoms with van der Waals surface area (Å²) in [4.78, 5) is 17.1. The fraction of sp³-hybridized carbons (Fsp3) is 0.500. The average molecular weight is 370 g/mol. The van der Waals surface area contributed by atoms with E-state index >= 15 is 0 Å². The third-order valence-electron chi connectivity index (χ3n) is 5.47. The molecule has 1 aromatic heterocycles. The molecule has 3 heterocycles. The van der Waals surface area contributed by atoms with Crippen LogP contribution >= 0.6 is 0 Å². The third kappa shape index (κ3) is 3.93. The molecule has 1 atom stereocenters. The predicted molar refractivity (Wildman–Crippen MR) is 103 cm³/mol. The van der Waals surface area contributed by atoms with Crippen molar-refractivity contribution in [3.8, 4) is 0 Å². The Morgan fingerprint density at radius 1 is 1.19 bits per heavy atom. The molecule has 4 rings (SSSR count). The van der Waals surface area contributed by atoms with Gasteiger partial charge < -0.3 is 24.8 Å². The van der Waals surface area contributed by atoms with Gasteiger partial charge in [-0.25, -0.2) is 0 Å². The summed E-state index contributed by atoms with van der Waals surface area (Å²) in [5.74, 6) is 0.744. The van der Waals surface area contributed by atoms with E-state index in [1.54, 1.807) is 6.07 Å². The van der Waals surface area contributed by atoms with Crippen LogP contribution in [0.3, 0.4) is 0 Å². The Hall–Kier alpha value is -2.54. The number of piperidine rings is 1. The highest BCUT2D eigenvalue weighted by atomic mass is 16.5. The molecule has 0 bridgehead atoms. The minimum Gasteiger partial charge on any atom is -0.375 e. The first kappa shape index (κ1) is 17.9. The van der Waals surface area contributed by atoms with Gasteiger partial charge >= 0.3 is 0 Å². The van der Waals surface area contributed by atoms with E-state index in [-0.39, 0.29) is 12.0 Å². The lowest BCUT2D eigenvalue weighted by molar-refractivity contribution is 0.0532. The molecule has 27 heavy (non-hydrogen) atoms. The minimum atomic E-state index is 0.0926. The molecule has 0 aliphatic carbocycles. The molecule has 1 amide bonds. The first-order valence-electron chi connectivity index (χ1n) is 9.58. The Morgan fingerprint density at radius 3 is 2.56 bits per heavy atom. The van der Waals surface area contributed by atoms with Gasteiger partial charge in [0.1, 0.15) is 0 Å². The van der Waals surface area contributed by atoms with Gasteiger partial charge in [0.05, 0.1) is 18.4 Å². The summed E-state index contributed by atoms with van der Waals surface area (Å²) in [6.45, 7) is 6.04. The lowest BCUT2D eigenvalue weighted by Crippen LogP contribution is -2.41. The molecule has 2 fully saturated rings. The number of carbonyl (C=O) groups is 1. The number of anilines is 2. The number of morpholine rings is 1. The molecule has 2 saturated heterocycles. The highest BCUT2D eigenvalue weighted by molar-refractivity contribution is 5.94. The predicted octanol–water partition coefficient (Wildman–Crippen LogP) is 2.50. The first-order chi connectivity index (χ1) is 13.1. The largest absolute Gasteiger partial charge is 0.375 e. The number of rotatable bonds is 3. The Kier molecular flexibility index (Phi) is 5.03. The van der Waals surface area contributed by atoms with E-state index in [1.807, 2.05) is 29.2 Å². The normalized spacial score (nSPS) is 21.4. The second-order valence-electron chi connectivity index (χ2n) is 7.39. The Labute approximate surface area is 159 Å². The molecule has 7 heteroatoms. The zero-order valence-electron chi connectivity index (χ0n) is 15.6. The van der Waals surface area contributed by atoms with Crippen molar-refractivity contribution in [1.82, 2.24) is 10.1 Å². The van der Waals surface area contributed by atoms with Gasteiger partial charge in [-0.15, -0.1) is 0 Å². The molecule has 0 saturated carbocycles. The summed E-state index contributed by atoms with van der Waals surface area (Å²) >= 11 is 0. The van der Waals surface area contributed by atoms with Crippen molar-refractivity contribution < 1.29 is 14.1 Å². The van der Waals surface area contributed by atoms with Crippen LogP contribution < -0.4 is 10.6 Å². The van der Waals surface area contributed by atoms with Crippen LogP contribution in [0.15, 0.2) is 34.9 Å². The Bertz CT molecular complexity index is 781. The third-order valence-corrected chi connectivity index (χ3v) is 5.47. The van der Waals surface area contributed by atoms with Crippen molar-refractivity contribution in [2.75, 3.05) is 43.4 Å². The number of hydrogen-bond donors (Lipinski definition) is 1. The highest BCUT2D eigenvalue weighted by Crippen LogP contribution is 2.29.